The largest absolute Gasteiger partial charge is 0.507 e. The van der Waals surface area contributed by atoms with Crippen molar-refractivity contribution in [2.45, 2.75) is 12.6 Å². The topological polar surface area (TPSA) is 98.2 Å². The summed E-state index contributed by atoms with van der Waals surface area (Å²) in [5.74, 6) is -0.190. The predicted molar refractivity (Wildman–Crippen MR) is 142 cm³/mol. The maximum absolute atomic E-state index is 13.3. The van der Waals surface area contributed by atoms with E-state index in [1.54, 1.807) is 54.0 Å². The number of aliphatic hydroxyl groups excluding tert-OH is 1. The van der Waals surface area contributed by atoms with E-state index in [9.17, 15) is 14.7 Å². The molecule has 1 atom stereocenters. The number of amides is 1. The number of rotatable bonds is 6. The molecule has 9 heteroatoms. The van der Waals surface area contributed by atoms with Crippen molar-refractivity contribution >= 4 is 33.9 Å². The monoisotopic (exact) mass is 526 g/mol. The van der Waals surface area contributed by atoms with E-state index in [0.29, 0.717) is 53.3 Å². The molecule has 0 radical (unpaired) electrons. The quantitative estimate of drug-likeness (QED) is 0.212. The Morgan fingerprint density at radius 1 is 1.00 bits per heavy atom. The van der Waals surface area contributed by atoms with Crippen molar-refractivity contribution in [1.29, 1.82) is 0 Å². The number of thiazole rings is 1. The SMILES string of the molecule is O=C1C(=O)N(c2nccs2)C(c2ccc(OCc3ccccc3)cc2)C1=C(O)c1ccc2c(c1)OCCO2. The van der Waals surface area contributed by atoms with Gasteiger partial charge in [-0.15, -0.1) is 11.3 Å². The first-order chi connectivity index (χ1) is 18.6. The van der Waals surface area contributed by atoms with E-state index in [-0.39, 0.29) is 11.3 Å². The lowest BCUT2D eigenvalue weighted by molar-refractivity contribution is -0.132. The van der Waals surface area contributed by atoms with Crippen LogP contribution in [-0.2, 0) is 16.2 Å². The van der Waals surface area contributed by atoms with Crippen LogP contribution in [0.1, 0.15) is 22.7 Å². The number of carbonyl (C=O) groups is 2. The van der Waals surface area contributed by atoms with Crippen molar-refractivity contribution < 1.29 is 28.9 Å². The van der Waals surface area contributed by atoms with Gasteiger partial charge in [-0.3, -0.25) is 14.5 Å². The zero-order valence-electron chi connectivity index (χ0n) is 20.1. The minimum absolute atomic E-state index is 0.0279. The Morgan fingerprint density at radius 2 is 1.76 bits per heavy atom. The molecule has 38 heavy (non-hydrogen) atoms. The van der Waals surface area contributed by atoms with Gasteiger partial charge in [0, 0.05) is 17.1 Å². The summed E-state index contributed by atoms with van der Waals surface area (Å²) in [5, 5.41) is 13.5. The van der Waals surface area contributed by atoms with Gasteiger partial charge in [0.15, 0.2) is 16.6 Å². The second kappa shape index (κ2) is 10.0. The first kappa shape index (κ1) is 23.7. The molecule has 2 aliphatic rings. The summed E-state index contributed by atoms with van der Waals surface area (Å²) in [5.41, 5.74) is 1.98. The number of anilines is 1. The van der Waals surface area contributed by atoms with Crippen molar-refractivity contribution in [3.8, 4) is 17.2 Å². The molecule has 3 heterocycles. The number of aliphatic hydroxyl groups is 1. The Kier molecular flexibility index (Phi) is 6.27. The maximum atomic E-state index is 13.3. The van der Waals surface area contributed by atoms with Gasteiger partial charge in [-0.05, 0) is 41.5 Å². The van der Waals surface area contributed by atoms with Crippen molar-refractivity contribution in [2.75, 3.05) is 18.1 Å². The van der Waals surface area contributed by atoms with Gasteiger partial charge in [-0.1, -0.05) is 42.5 Å². The molecule has 0 aliphatic carbocycles. The number of aromatic nitrogens is 1. The third kappa shape index (κ3) is 4.37. The molecule has 8 nitrogen and oxygen atoms in total. The van der Waals surface area contributed by atoms with Crippen LogP contribution in [0.3, 0.4) is 0 Å². The average molecular weight is 527 g/mol. The number of benzene rings is 3. The zero-order chi connectivity index (χ0) is 26.1. The number of ether oxygens (including phenoxy) is 3. The molecule has 2 aliphatic heterocycles. The van der Waals surface area contributed by atoms with E-state index >= 15 is 0 Å². The molecular formula is C29H22N2O6S. The zero-order valence-corrected chi connectivity index (χ0v) is 20.9. The molecule has 0 spiro atoms. The maximum Gasteiger partial charge on any atom is 0.301 e. The molecule has 0 saturated carbocycles. The molecule has 1 fully saturated rings. The van der Waals surface area contributed by atoms with Gasteiger partial charge in [-0.2, -0.15) is 0 Å². The molecule has 1 amide bonds. The molecule has 6 rings (SSSR count). The summed E-state index contributed by atoms with van der Waals surface area (Å²) in [6, 6.07) is 21.0. The fourth-order valence-corrected chi connectivity index (χ4v) is 5.18. The minimum Gasteiger partial charge on any atom is -0.507 e. The standard InChI is InChI=1S/C29H22N2O6S/c32-26(20-8-11-22-23(16-20)36-14-13-35-22)24-25(31(28(34)27(24)33)29-30-12-15-38-29)19-6-9-21(10-7-19)37-17-18-4-2-1-3-5-18/h1-12,15-16,25,32H,13-14,17H2. The van der Waals surface area contributed by atoms with E-state index < -0.39 is 17.7 Å². The van der Waals surface area contributed by atoms with Crippen molar-refractivity contribution in [2.24, 2.45) is 0 Å². The van der Waals surface area contributed by atoms with E-state index in [1.165, 1.54) is 16.2 Å². The highest BCUT2D eigenvalue weighted by molar-refractivity contribution is 7.14. The highest BCUT2D eigenvalue weighted by atomic mass is 32.1. The number of fused-ring (bicyclic) bond motifs is 1. The number of ketones is 1. The van der Waals surface area contributed by atoms with Crippen LogP contribution < -0.4 is 19.1 Å². The summed E-state index contributed by atoms with van der Waals surface area (Å²) in [4.78, 5) is 32.1. The highest BCUT2D eigenvalue weighted by Gasteiger charge is 2.48. The summed E-state index contributed by atoms with van der Waals surface area (Å²) in [6.45, 7) is 1.22. The fraction of sp³-hybridized carbons (Fsp3) is 0.138. The average Bonchev–Trinajstić information content (AvgIpc) is 3.58. The van der Waals surface area contributed by atoms with Crippen LogP contribution in [-0.4, -0.2) is 35.0 Å². The second-order valence-electron chi connectivity index (χ2n) is 8.69. The third-order valence-electron chi connectivity index (χ3n) is 6.33. The van der Waals surface area contributed by atoms with Gasteiger partial charge in [0.1, 0.15) is 31.3 Å². The molecule has 1 N–H and O–H groups in total. The molecule has 1 unspecified atom stereocenters. The van der Waals surface area contributed by atoms with Crippen LogP contribution in [0.15, 0.2) is 89.9 Å². The Morgan fingerprint density at radius 3 is 2.50 bits per heavy atom. The molecule has 1 saturated heterocycles. The number of hydrogen-bond donors (Lipinski definition) is 1. The van der Waals surface area contributed by atoms with Crippen molar-refractivity contribution in [3.05, 3.63) is 107 Å². The summed E-state index contributed by atoms with van der Waals surface area (Å²) in [6.07, 6.45) is 1.57. The second-order valence-corrected chi connectivity index (χ2v) is 9.56. The van der Waals surface area contributed by atoms with Crippen LogP contribution in [0.4, 0.5) is 5.13 Å². The van der Waals surface area contributed by atoms with E-state index in [2.05, 4.69) is 4.98 Å². The molecule has 190 valence electrons. The lowest BCUT2D eigenvalue weighted by Gasteiger charge is -2.23. The molecule has 1 aromatic heterocycles. The Bertz CT molecular complexity index is 1520. The molecule has 3 aromatic carbocycles. The molecule has 0 bridgehead atoms. The van der Waals surface area contributed by atoms with E-state index in [4.69, 9.17) is 14.2 Å². The predicted octanol–water partition coefficient (Wildman–Crippen LogP) is 5.12. The van der Waals surface area contributed by atoms with Crippen molar-refractivity contribution in [1.82, 2.24) is 4.98 Å². The van der Waals surface area contributed by atoms with Crippen molar-refractivity contribution in [3.63, 3.8) is 0 Å². The number of carbonyl (C=O) groups excluding carboxylic acids is 2. The Balaban J connectivity index is 1.38. The summed E-state index contributed by atoms with van der Waals surface area (Å²) >= 11 is 1.24. The van der Waals surface area contributed by atoms with Gasteiger partial charge >= 0.3 is 5.91 Å². The summed E-state index contributed by atoms with van der Waals surface area (Å²) < 4.78 is 17.1. The van der Waals surface area contributed by atoms with Crippen LogP contribution in [0, 0.1) is 0 Å². The number of Topliss-reactive ketones (excluding diaryl/α,β-unsaturated/α-hetero) is 1. The molecular weight excluding hydrogens is 504 g/mol. The van der Waals surface area contributed by atoms with E-state index in [1.807, 2.05) is 30.3 Å². The van der Waals surface area contributed by atoms with Gasteiger partial charge in [0.05, 0.1) is 11.6 Å². The van der Waals surface area contributed by atoms with E-state index in [0.717, 1.165) is 5.56 Å². The van der Waals surface area contributed by atoms with Gasteiger partial charge < -0.3 is 19.3 Å². The first-order valence-electron chi connectivity index (χ1n) is 12.0. The Labute approximate surface area is 222 Å². The minimum atomic E-state index is -0.877. The smallest absolute Gasteiger partial charge is 0.301 e. The lowest BCUT2D eigenvalue weighted by Crippen LogP contribution is -2.29. The normalized spacial score (nSPS) is 18.0. The van der Waals surface area contributed by atoms with Crippen LogP contribution in [0.5, 0.6) is 17.2 Å². The first-order valence-corrected chi connectivity index (χ1v) is 12.9. The number of hydrogen-bond acceptors (Lipinski definition) is 8. The summed E-state index contributed by atoms with van der Waals surface area (Å²) in [7, 11) is 0. The third-order valence-corrected chi connectivity index (χ3v) is 7.10. The Hall–Kier alpha value is -4.63. The highest BCUT2D eigenvalue weighted by Crippen LogP contribution is 2.44. The van der Waals surface area contributed by atoms with Gasteiger partial charge in [-0.25, -0.2) is 4.98 Å². The van der Waals surface area contributed by atoms with Gasteiger partial charge in [0.2, 0.25) is 0 Å². The van der Waals surface area contributed by atoms with Crippen LogP contribution in [0.25, 0.3) is 5.76 Å². The lowest BCUT2D eigenvalue weighted by atomic mass is 9.95. The molecule has 4 aromatic rings. The fourth-order valence-electron chi connectivity index (χ4n) is 4.51. The van der Waals surface area contributed by atoms with Gasteiger partial charge in [0.25, 0.3) is 5.78 Å². The van der Waals surface area contributed by atoms with Crippen LogP contribution >= 0.6 is 11.3 Å². The van der Waals surface area contributed by atoms with Crippen LogP contribution in [0.2, 0.25) is 0 Å². The number of nitrogens with zero attached hydrogens (tertiary/aromatic N) is 2.